The van der Waals surface area contributed by atoms with Gasteiger partial charge < -0.3 is 10.6 Å². The summed E-state index contributed by atoms with van der Waals surface area (Å²) < 4.78 is 0. The van der Waals surface area contributed by atoms with Crippen molar-refractivity contribution in [1.29, 1.82) is 0 Å². The van der Waals surface area contributed by atoms with E-state index in [4.69, 9.17) is 0 Å². The number of nitrogens with one attached hydrogen (secondary N) is 3. The number of anilines is 1. The molecule has 1 aromatic heterocycles. The largest absolute Gasteiger partial charge is 0.344 e. The summed E-state index contributed by atoms with van der Waals surface area (Å²) in [7, 11) is 0. The van der Waals surface area contributed by atoms with Gasteiger partial charge in [0, 0.05) is 11.3 Å². The Balaban J connectivity index is 1.41. The predicted octanol–water partition coefficient (Wildman–Crippen LogP) is 3.59. The summed E-state index contributed by atoms with van der Waals surface area (Å²) in [5.41, 5.74) is 2.91. The zero-order valence-corrected chi connectivity index (χ0v) is 18.6. The van der Waals surface area contributed by atoms with E-state index in [-0.39, 0.29) is 11.5 Å². The summed E-state index contributed by atoms with van der Waals surface area (Å²) in [6, 6.07) is 18.7. The number of imide groups is 1. The number of carbonyl (C=O) groups excluding carboxylic acids is 4. The molecule has 1 aliphatic rings. The maximum Gasteiger partial charge on any atom is 0.344 e. The third-order valence-electron chi connectivity index (χ3n) is 5.36. The number of carbonyl (C=O) groups is 4. The fraction of sp³-hybridized carbons (Fsp3) is 0.167. The van der Waals surface area contributed by atoms with Crippen LogP contribution in [0.4, 0.5) is 10.5 Å². The van der Waals surface area contributed by atoms with Gasteiger partial charge in [0.05, 0.1) is 4.88 Å². The molecule has 168 valence electrons. The van der Waals surface area contributed by atoms with E-state index in [0.29, 0.717) is 28.4 Å². The lowest BCUT2D eigenvalue weighted by Gasteiger charge is -2.21. The average molecular weight is 463 g/mol. The molecule has 3 N–H and O–H groups in total. The second-order valence-corrected chi connectivity index (χ2v) is 8.79. The standard InChI is InChI=1S/C24H22N4O4S/c1-24(13-12-16-7-3-2-4-8-16)22(31)28(23(32)26-24)27-20(29)17-9-5-10-18(15-17)25-21(30)19-11-6-14-33-19/h2-11,14-15H,12-13H2,1H3,(H,25,30)(H,26,32)(H,27,29)/t24-/m1/s1. The van der Waals surface area contributed by atoms with Crippen LogP contribution in [0.2, 0.25) is 0 Å². The normalized spacial score (nSPS) is 17.5. The van der Waals surface area contributed by atoms with Crippen LogP contribution in [0.5, 0.6) is 0 Å². The highest BCUT2D eigenvalue weighted by atomic mass is 32.1. The van der Waals surface area contributed by atoms with Crippen LogP contribution in [0.25, 0.3) is 0 Å². The van der Waals surface area contributed by atoms with Crippen LogP contribution < -0.4 is 16.1 Å². The number of rotatable bonds is 7. The molecule has 9 heteroatoms. The highest BCUT2D eigenvalue weighted by molar-refractivity contribution is 7.12. The van der Waals surface area contributed by atoms with Gasteiger partial charge in [-0.05, 0) is 55.0 Å². The van der Waals surface area contributed by atoms with Crippen LogP contribution in [0.3, 0.4) is 0 Å². The summed E-state index contributed by atoms with van der Waals surface area (Å²) in [6.07, 6.45) is 0.981. The molecule has 0 radical (unpaired) electrons. The number of hydrogen-bond acceptors (Lipinski definition) is 5. The summed E-state index contributed by atoms with van der Waals surface area (Å²) >= 11 is 1.30. The number of nitrogens with zero attached hydrogens (tertiary/aromatic N) is 1. The molecular formula is C24H22N4O4S. The molecule has 1 atom stereocenters. The molecule has 3 aromatic rings. The first-order chi connectivity index (χ1) is 15.9. The van der Waals surface area contributed by atoms with E-state index in [0.717, 1.165) is 5.56 Å². The van der Waals surface area contributed by atoms with Crippen molar-refractivity contribution in [3.63, 3.8) is 0 Å². The van der Waals surface area contributed by atoms with Crippen molar-refractivity contribution >= 4 is 40.8 Å². The first-order valence-corrected chi connectivity index (χ1v) is 11.2. The van der Waals surface area contributed by atoms with E-state index in [1.807, 2.05) is 30.3 Å². The molecule has 2 heterocycles. The van der Waals surface area contributed by atoms with Crippen LogP contribution in [0.15, 0.2) is 72.1 Å². The van der Waals surface area contributed by atoms with Gasteiger partial charge in [0.2, 0.25) is 0 Å². The van der Waals surface area contributed by atoms with E-state index in [1.54, 1.807) is 36.6 Å². The lowest BCUT2D eigenvalue weighted by Crippen LogP contribution is -2.49. The van der Waals surface area contributed by atoms with Crippen molar-refractivity contribution in [3.05, 3.63) is 88.1 Å². The van der Waals surface area contributed by atoms with E-state index in [1.165, 1.54) is 23.5 Å². The van der Waals surface area contributed by atoms with Crippen molar-refractivity contribution < 1.29 is 19.2 Å². The van der Waals surface area contributed by atoms with Gasteiger partial charge in [-0.15, -0.1) is 11.3 Å². The predicted molar refractivity (Wildman–Crippen MR) is 125 cm³/mol. The van der Waals surface area contributed by atoms with Gasteiger partial charge in [0.25, 0.3) is 17.7 Å². The minimum Gasteiger partial charge on any atom is -0.322 e. The second kappa shape index (κ2) is 9.25. The molecular weight excluding hydrogens is 440 g/mol. The van der Waals surface area contributed by atoms with Crippen molar-refractivity contribution in [3.8, 4) is 0 Å². The molecule has 0 spiro atoms. The SMILES string of the molecule is C[C@]1(CCc2ccccc2)NC(=O)N(NC(=O)c2cccc(NC(=O)c3cccs3)c2)C1=O. The number of amides is 5. The minimum atomic E-state index is -1.13. The maximum atomic E-state index is 12.9. The Morgan fingerprint density at radius 1 is 1.00 bits per heavy atom. The van der Waals surface area contributed by atoms with Crippen molar-refractivity contribution in [1.82, 2.24) is 15.8 Å². The molecule has 1 fully saturated rings. The fourth-order valence-electron chi connectivity index (χ4n) is 3.50. The summed E-state index contributed by atoms with van der Waals surface area (Å²) in [5.74, 6) is -1.46. The number of thiophene rings is 1. The molecule has 5 amide bonds. The number of benzene rings is 2. The van der Waals surface area contributed by atoms with Crippen LogP contribution >= 0.6 is 11.3 Å². The summed E-state index contributed by atoms with van der Waals surface area (Å²) in [4.78, 5) is 50.9. The molecule has 1 saturated heterocycles. The Bertz CT molecular complexity index is 1200. The van der Waals surface area contributed by atoms with Crippen molar-refractivity contribution in [2.24, 2.45) is 0 Å². The lowest BCUT2D eigenvalue weighted by molar-refractivity contribution is -0.132. The maximum absolute atomic E-state index is 12.9. The van der Waals surface area contributed by atoms with Gasteiger partial charge in [-0.1, -0.05) is 42.5 Å². The molecule has 1 aliphatic heterocycles. The van der Waals surface area contributed by atoms with Crippen molar-refractivity contribution in [2.75, 3.05) is 5.32 Å². The minimum absolute atomic E-state index is 0.192. The van der Waals surface area contributed by atoms with Gasteiger partial charge >= 0.3 is 6.03 Å². The molecule has 33 heavy (non-hydrogen) atoms. The first kappa shape index (κ1) is 22.2. The third-order valence-corrected chi connectivity index (χ3v) is 6.23. The summed E-state index contributed by atoms with van der Waals surface area (Å²) in [5, 5.41) is 7.91. The fourth-order valence-corrected chi connectivity index (χ4v) is 4.12. The number of urea groups is 1. The van der Waals surface area contributed by atoms with Gasteiger partial charge in [-0.2, -0.15) is 5.01 Å². The van der Waals surface area contributed by atoms with Crippen LogP contribution in [0, 0.1) is 0 Å². The van der Waals surface area contributed by atoms with E-state index < -0.39 is 23.4 Å². The molecule has 8 nitrogen and oxygen atoms in total. The molecule has 4 rings (SSSR count). The lowest BCUT2D eigenvalue weighted by atomic mass is 9.93. The highest BCUT2D eigenvalue weighted by Gasteiger charge is 2.48. The Morgan fingerprint density at radius 2 is 1.79 bits per heavy atom. The molecule has 0 bridgehead atoms. The molecule has 0 saturated carbocycles. The number of hydrazine groups is 1. The topological polar surface area (TPSA) is 108 Å². The zero-order chi connectivity index (χ0) is 23.4. The second-order valence-electron chi connectivity index (χ2n) is 7.84. The molecule has 0 unspecified atom stereocenters. The van der Waals surface area contributed by atoms with Gasteiger partial charge in [-0.3, -0.25) is 19.8 Å². The third kappa shape index (κ3) is 4.93. The van der Waals surface area contributed by atoms with E-state index in [9.17, 15) is 19.2 Å². The van der Waals surface area contributed by atoms with Gasteiger partial charge in [0.15, 0.2) is 0 Å². The molecule has 2 aromatic carbocycles. The Morgan fingerprint density at radius 3 is 2.52 bits per heavy atom. The Labute approximate surface area is 194 Å². The monoisotopic (exact) mass is 462 g/mol. The Kier molecular flexibility index (Phi) is 6.23. The first-order valence-electron chi connectivity index (χ1n) is 10.3. The quantitative estimate of drug-likeness (QED) is 0.467. The van der Waals surface area contributed by atoms with Crippen LogP contribution in [0.1, 0.15) is 38.9 Å². The summed E-state index contributed by atoms with van der Waals surface area (Å²) in [6.45, 7) is 1.64. The van der Waals surface area contributed by atoms with Crippen molar-refractivity contribution in [2.45, 2.75) is 25.3 Å². The molecule has 0 aliphatic carbocycles. The average Bonchev–Trinajstić information content (AvgIpc) is 3.43. The van der Waals surface area contributed by atoms with E-state index >= 15 is 0 Å². The van der Waals surface area contributed by atoms with Gasteiger partial charge in [0.1, 0.15) is 5.54 Å². The van der Waals surface area contributed by atoms with E-state index in [2.05, 4.69) is 16.1 Å². The zero-order valence-electron chi connectivity index (χ0n) is 17.8. The van der Waals surface area contributed by atoms with Gasteiger partial charge in [-0.25, -0.2) is 4.79 Å². The highest BCUT2D eigenvalue weighted by Crippen LogP contribution is 2.23. The smallest absolute Gasteiger partial charge is 0.322 e. The number of hydrogen-bond donors (Lipinski definition) is 3. The van der Waals surface area contributed by atoms with Crippen LogP contribution in [-0.4, -0.2) is 34.3 Å². The van der Waals surface area contributed by atoms with Crippen LogP contribution in [-0.2, 0) is 11.2 Å². The Hall–Kier alpha value is -3.98. The number of aryl methyl sites for hydroxylation is 1.